The molecule has 4 aromatic rings. The van der Waals surface area contributed by atoms with Gasteiger partial charge in [-0.2, -0.15) is 0 Å². The minimum atomic E-state index is 0.240. The minimum absolute atomic E-state index is 0.240. The van der Waals surface area contributed by atoms with E-state index in [0.717, 1.165) is 73.4 Å². The minimum Gasteiger partial charge on any atom is -0.508 e. The summed E-state index contributed by atoms with van der Waals surface area (Å²) in [6.07, 6.45) is 7.37. The molecule has 31 heavy (non-hydrogen) atoms. The van der Waals surface area contributed by atoms with Gasteiger partial charge in [0.2, 0.25) is 0 Å². The van der Waals surface area contributed by atoms with E-state index in [1.807, 2.05) is 47.3 Å². The summed E-state index contributed by atoms with van der Waals surface area (Å²) in [4.78, 5) is 15.9. The molecule has 158 valence electrons. The number of nitrogens with zero attached hydrogens (tertiary/aromatic N) is 5. The van der Waals surface area contributed by atoms with Gasteiger partial charge in [0, 0.05) is 49.7 Å². The molecule has 4 heterocycles. The first-order chi connectivity index (χ1) is 15.3. The highest BCUT2D eigenvalue weighted by Crippen LogP contribution is 2.25. The van der Waals surface area contributed by atoms with Crippen molar-refractivity contribution >= 4 is 11.5 Å². The Morgan fingerprint density at radius 1 is 0.903 bits per heavy atom. The van der Waals surface area contributed by atoms with Crippen LogP contribution >= 0.6 is 0 Å². The number of imidazole rings is 1. The zero-order chi connectivity index (χ0) is 21.0. The first-order valence-corrected chi connectivity index (χ1v) is 10.4. The van der Waals surface area contributed by atoms with Gasteiger partial charge in [0.05, 0.1) is 37.0 Å². The van der Waals surface area contributed by atoms with Crippen LogP contribution < -0.4 is 5.32 Å². The molecule has 0 aliphatic carbocycles. The second kappa shape index (κ2) is 8.71. The molecule has 0 bridgehead atoms. The molecule has 0 amide bonds. The van der Waals surface area contributed by atoms with E-state index in [1.54, 1.807) is 18.3 Å². The third-order valence-electron chi connectivity index (χ3n) is 5.46. The predicted molar refractivity (Wildman–Crippen MR) is 119 cm³/mol. The van der Waals surface area contributed by atoms with Crippen LogP contribution in [0.2, 0.25) is 0 Å². The van der Waals surface area contributed by atoms with E-state index in [1.165, 1.54) is 0 Å². The lowest BCUT2D eigenvalue weighted by Gasteiger charge is -2.26. The van der Waals surface area contributed by atoms with E-state index >= 15 is 0 Å². The molecule has 1 aliphatic heterocycles. The molecule has 5 rings (SSSR count). The number of hydrogen-bond acceptors (Lipinski definition) is 7. The van der Waals surface area contributed by atoms with Crippen molar-refractivity contribution in [2.45, 2.75) is 0 Å². The van der Waals surface area contributed by atoms with Crippen molar-refractivity contribution in [3.63, 3.8) is 0 Å². The topological polar surface area (TPSA) is 87.8 Å². The molecule has 0 atom stereocenters. The standard InChI is InChI=1S/C23H24N6O2/c30-19-4-1-17(2-5-19)21-14-27-23-15-25-20(16-29(21)23)18-3-6-22(26-13-18)24-7-8-28-9-11-31-12-10-28/h1-6,13-16,30H,7-12H2,(H,24,26). The van der Waals surface area contributed by atoms with Gasteiger partial charge in [-0.1, -0.05) is 0 Å². The van der Waals surface area contributed by atoms with Gasteiger partial charge >= 0.3 is 0 Å². The third-order valence-corrected chi connectivity index (χ3v) is 5.46. The third kappa shape index (κ3) is 4.35. The molecule has 1 fully saturated rings. The van der Waals surface area contributed by atoms with Crippen LogP contribution in [0.4, 0.5) is 5.82 Å². The Morgan fingerprint density at radius 3 is 2.48 bits per heavy atom. The van der Waals surface area contributed by atoms with E-state index in [4.69, 9.17) is 4.74 Å². The lowest BCUT2D eigenvalue weighted by Crippen LogP contribution is -2.39. The number of ether oxygens (including phenoxy) is 1. The number of pyridine rings is 1. The number of aromatic nitrogens is 4. The highest BCUT2D eigenvalue weighted by Gasteiger charge is 2.11. The summed E-state index contributed by atoms with van der Waals surface area (Å²) in [5.41, 5.74) is 4.43. The van der Waals surface area contributed by atoms with Gasteiger partial charge in [-0.15, -0.1) is 0 Å². The number of phenolic OH excluding ortho intramolecular Hbond substituents is 1. The number of morpholine rings is 1. The van der Waals surface area contributed by atoms with E-state index < -0.39 is 0 Å². The fourth-order valence-corrected chi connectivity index (χ4v) is 3.70. The maximum absolute atomic E-state index is 9.55. The van der Waals surface area contributed by atoms with Crippen LogP contribution in [-0.4, -0.2) is 68.8 Å². The van der Waals surface area contributed by atoms with Crippen molar-refractivity contribution < 1.29 is 9.84 Å². The Bertz CT molecular complexity index is 1150. The maximum atomic E-state index is 9.55. The average molecular weight is 416 g/mol. The van der Waals surface area contributed by atoms with E-state index in [9.17, 15) is 5.11 Å². The van der Waals surface area contributed by atoms with Gasteiger partial charge in [-0.3, -0.25) is 14.3 Å². The molecule has 1 aliphatic rings. The number of phenols is 1. The van der Waals surface area contributed by atoms with Crippen molar-refractivity contribution in [2.24, 2.45) is 0 Å². The summed E-state index contributed by atoms with van der Waals surface area (Å²) in [6.45, 7) is 5.43. The smallest absolute Gasteiger partial charge is 0.155 e. The number of benzene rings is 1. The molecule has 3 aromatic heterocycles. The molecule has 0 saturated carbocycles. The van der Waals surface area contributed by atoms with Crippen LogP contribution in [0.3, 0.4) is 0 Å². The van der Waals surface area contributed by atoms with Crippen LogP contribution in [0, 0.1) is 0 Å². The first-order valence-electron chi connectivity index (χ1n) is 10.4. The maximum Gasteiger partial charge on any atom is 0.155 e. The predicted octanol–water partition coefficient (Wildman–Crippen LogP) is 2.91. The lowest BCUT2D eigenvalue weighted by atomic mass is 10.1. The van der Waals surface area contributed by atoms with Gasteiger partial charge in [0.1, 0.15) is 11.6 Å². The van der Waals surface area contributed by atoms with E-state index in [-0.39, 0.29) is 5.75 Å². The van der Waals surface area contributed by atoms with Crippen molar-refractivity contribution in [3.8, 4) is 28.3 Å². The second-order valence-electron chi connectivity index (χ2n) is 7.50. The summed E-state index contributed by atoms with van der Waals surface area (Å²) in [6, 6.07) is 11.1. The Hall–Kier alpha value is -3.49. The number of rotatable bonds is 6. The van der Waals surface area contributed by atoms with Gasteiger partial charge in [0.15, 0.2) is 5.65 Å². The molecule has 8 heteroatoms. The number of fused-ring (bicyclic) bond motifs is 1. The summed E-state index contributed by atoms with van der Waals surface area (Å²) < 4.78 is 7.39. The molecule has 1 saturated heterocycles. The summed E-state index contributed by atoms with van der Waals surface area (Å²) in [7, 11) is 0. The Kier molecular flexibility index (Phi) is 5.47. The monoisotopic (exact) mass is 416 g/mol. The average Bonchev–Trinajstić information content (AvgIpc) is 3.24. The summed E-state index contributed by atoms with van der Waals surface area (Å²) in [5.74, 6) is 1.09. The Balaban J connectivity index is 1.31. The molecular formula is C23H24N6O2. The zero-order valence-electron chi connectivity index (χ0n) is 17.1. The normalized spacial score (nSPS) is 14.7. The fraction of sp³-hybridized carbons (Fsp3) is 0.261. The van der Waals surface area contributed by atoms with Crippen LogP contribution in [0.25, 0.3) is 28.2 Å². The Labute approximate surface area is 180 Å². The largest absolute Gasteiger partial charge is 0.508 e. The Morgan fingerprint density at radius 2 is 1.71 bits per heavy atom. The molecular weight excluding hydrogens is 392 g/mol. The molecule has 0 radical (unpaired) electrons. The fourth-order valence-electron chi connectivity index (χ4n) is 3.70. The molecule has 8 nitrogen and oxygen atoms in total. The van der Waals surface area contributed by atoms with Gasteiger partial charge < -0.3 is 15.2 Å². The van der Waals surface area contributed by atoms with Gasteiger partial charge in [-0.25, -0.2) is 9.97 Å². The first kappa shape index (κ1) is 19.5. The summed E-state index contributed by atoms with van der Waals surface area (Å²) in [5, 5.41) is 12.9. The number of hydrogen-bond donors (Lipinski definition) is 2. The van der Waals surface area contributed by atoms with Crippen LogP contribution in [-0.2, 0) is 4.74 Å². The van der Waals surface area contributed by atoms with Gasteiger partial charge in [0.25, 0.3) is 0 Å². The SMILES string of the molecule is Oc1ccc(-c2cnc3cnc(-c4ccc(NCCN5CCOCC5)nc4)cn23)cc1. The lowest BCUT2D eigenvalue weighted by molar-refractivity contribution is 0.0398. The van der Waals surface area contributed by atoms with Crippen LogP contribution in [0.5, 0.6) is 5.75 Å². The molecule has 0 spiro atoms. The van der Waals surface area contributed by atoms with Crippen molar-refractivity contribution in [2.75, 3.05) is 44.7 Å². The number of aromatic hydroxyl groups is 1. The van der Waals surface area contributed by atoms with Gasteiger partial charge in [-0.05, 0) is 36.4 Å². The highest BCUT2D eigenvalue weighted by atomic mass is 16.5. The molecule has 2 N–H and O–H groups in total. The number of nitrogens with one attached hydrogen (secondary N) is 1. The summed E-state index contributed by atoms with van der Waals surface area (Å²) >= 11 is 0. The van der Waals surface area contributed by atoms with E-state index in [2.05, 4.69) is 25.2 Å². The van der Waals surface area contributed by atoms with Crippen molar-refractivity contribution in [3.05, 3.63) is 61.2 Å². The highest BCUT2D eigenvalue weighted by molar-refractivity contribution is 5.67. The second-order valence-corrected chi connectivity index (χ2v) is 7.50. The number of anilines is 1. The molecule has 1 aromatic carbocycles. The zero-order valence-corrected chi connectivity index (χ0v) is 17.1. The van der Waals surface area contributed by atoms with E-state index in [0.29, 0.717) is 0 Å². The van der Waals surface area contributed by atoms with Crippen LogP contribution in [0.1, 0.15) is 0 Å². The molecule has 0 unspecified atom stereocenters. The van der Waals surface area contributed by atoms with Crippen molar-refractivity contribution in [1.29, 1.82) is 0 Å². The van der Waals surface area contributed by atoms with Crippen LogP contribution in [0.15, 0.2) is 61.2 Å². The quantitative estimate of drug-likeness (QED) is 0.500. The van der Waals surface area contributed by atoms with Crippen molar-refractivity contribution in [1.82, 2.24) is 24.3 Å².